The maximum atomic E-state index is 12.1. The van der Waals surface area contributed by atoms with Crippen LogP contribution < -0.4 is 0 Å². The Morgan fingerprint density at radius 2 is 2.11 bits per heavy atom. The number of phosphoric acid groups is 1. The lowest BCUT2D eigenvalue weighted by molar-refractivity contribution is 0.103. The molecule has 0 aliphatic heterocycles. The second kappa shape index (κ2) is 7.24. The van der Waals surface area contributed by atoms with Crippen LogP contribution in [0.2, 0.25) is 0 Å². The van der Waals surface area contributed by atoms with Gasteiger partial charge in [0, 0.05) is 18.0 Å². The maximum Gasteiger partial charge on any atom is 0.476 e. The van der Waals surface area contributed by atoms with E-state index in [0.29, 0.717) is 5.56 Å². The largest absolute Gasteiger partial charge is 0.476 e. The zero-order valence-corrected chi connectivity index (χ0v) is 11.2. The molecule has 7 heteroatoms. The summed E-state index contributed by atoms with van der Waals surface area (Å²) in [6.07, 6.45) is 2.00. The SMILES string of the molecule is CCOP(=O)(OCC)O[C@@H](C#N)c1cccnc1. The number of rotatable bonds is 7. The Bertz CT molecular complexity index is 436. The quantitative estimate of drug-likeness (QED) is 0.708. The minimum absolute atomic E-state index is 0.169. The summed E-state index contributed by atoms with van der Waals surface area (Å²) in [5.74, 6) is 0. The second-order valence-corrected chi connectivity index (χ2v) is 4.81. The van der Waals surface area contributed by atoms with Gasteiger partial charge in [0.1, 0.15) is 0 Å². The van der Waals surface area contributed by atoms with E-state index in [0.717, 1.165) is 0 Å². The fourth-order valence-corrected chi connectivity index (χ4v) is 2.49. The minimum atomic E-state index is -3.71. The van der Waals surface area contributed by atoms with Gasteiger partial charge in [-0.3, -0.25) is 18.6 Å². The Hall–Kier alpha value is -1.25. The van der Waals surface area contributed by atoms with E-state index in [9.17, 15) is 4.57 Å². The standard InChI is InChI=1S/C11H15N2O4P/c1-3-15-18(14,16-4-2)17-11(8-12)10-6-5-7-13-9-10/h5-7,9,11H,3-4H2,1-2H3/t11-/m0/s1. The Morgan fingerprint density at radius 1 is 1.44 bits per heavy atom. The summed E-state index contributed by atoms with van der Waals surface area (Å²) in [6.45, 7) is 3.67. The predicted molar refractivity (Wildman–Crippen MR) is 64.5 cm³/mol. The summed E-state index contributed by atoms with van der Waals surface area (Å²) in [5, 5.41) is 9.04. The zero-order chi connectivity index (χ0) is 13.4. The molecule has 1 aromatic rings. The van der Waals surface area contributed by atoms with Gasteiger partial charge in [-0.15, -0.1) is 0 Å². The van der Waals surface area contributed by atoms with Crippen LogP contribution in [0.15, 0.2) is 24.5 Å². The van der Waals surface area contributed by atoms with Crippen molar-refractivity contribution < 1.29 is 18.1 Å². The number of hydrogen-bond acceptors (Lipinski definition) is 6. The van der Waals surface area contributed by atoms with Crippen LogP contribution in [0.1, 0.15) is 25.5 Å². The number of nitrogens with zero attached hydrogens (tertiary/aromatic N) is 2. The smallest absolute Gasteiger partial charge is 0.287 e. The molecule has 0 amide bonds. The molecule has 0 saturated carbocycles. The molecule has 0 radical (unpaired) electrons. The van der Waals surface area contributed by atoms with Crippen molar-refractivity contribution in [2.45, 2.75) is 20.0 Å². The Kier molecular flexibility index (Phi) is 5.96. The molecule has 6 nitrogen and oxygen atoms in total. The first-order valence-corrected chi connectivity index (χ1v) is 6.98. The highest BCUT2D eigenvalue weighted by molar-refractivity contribution is 7.48. The summed E-state index contributed by atoms with van der Waals surface area (Å²) in [4.78, 5) is 3.87. The first-order chi connectivity index (χ1) is 8.65. The van der Waals surface area contributed by atoms with Gasteiger partial charge in [-0.2, -0.15) is 5.26 Å². The van der Waals surface area contributed by atoms with Gasteiger partial charge < -0.3 is 0 Å². The van der Waals surface area contributed by atoms with Crippen LogP contribution in [-0.4, -0.2) is 18.2 Å². The summed E-state index contributed by atoms with van der Waals surface area (Å²) >= 11 is 0. The van der Waals surface area contributed by atoms with Crippen molar-refractivity contribution >= 4 is 7.82 Å². The molecule has 0 unspecified atom stereocenters. The number of nitriles is 1. The predicted octanol–water partition coefficient (Wildman–Crippen LogP) is 2.84. The molecule has 1 heterocycles. The monoisotopic (exact) mass is 270 g/mol. The normalized spacial score (nSPS) is 12.9. The molecule has 0 aromatic carbocycles. The summed E-state index contributed by atoms with van der Waals surface area (Å²) in [5.41, 5.74) is 0.500. The summed E-state index contributed by atoms with van der Waals surface area (Å²) < 4.78 is 27.2. The van der Waals surface area contributed by atoms with Gasteiger partial charge >= 0.3 is 7.82 Å². The second-order valence-electron chi connectivity index (χ2n) is 3.18. The third-order valence-electron chi connectivity index (χ3n) is 1.91. The van der Waals surface area contributed by atoms with Gasteiger partial charge in [-0.25, -0.2) is 4.57 Å². The molecular formula is C11H15N2O4P. The van der Waals surface area contributed by atoms with Gasteiger partial charge in [-0.1, -0.05) is 6.07 Å². The van der Waals surface area contributed by atoms with Gasteiger partial charge in [0.15, 0.2) is 6.10 Å². The Morgan fingerprint density at radius 3 is 2.56 bits per heavy atom. The molecule has 0 N–H and O–H groups in total. The number of pyridine rings is 1. The Balaban J connectivity index is 2.85. The van der Waals surface area contributed by atoms with Crippen molar-refractivity contribution in [2.24, 2.45) is 0 Å². The van der Waals surface area contributed by atoms with Crippen molar-refractivity contribution in [3.8, 4) is 6.07 Å². The van der Waals surface area contributed by atoms with E-state index in [4.69, 9.17) is 18.8 Å². The van der Waals surface area contributed by atoms with E-state index < -0.39 is 13.9 Å². The summed E-state index contributed by atoms with van der Waals surface area (Å²) in [7, 11) is -3.71. The van der Waals surface area contributed by atoms with E-state index in [2.05, 4.69) is 4.98 Å². The number of phosphoric ester groups is 1. The molecule has 0 saturated heterocycles. The third kappa shape index (κ3) is 4.21. The lowest BCUT2D eigenvalue weighted by atomic mass is 10.2. The van der Waals surface area contributed by atoms with E-state index in [1.807, 2.05) is 6.07 Å². The first kappa shape index (κ1) is 14.8. The molecule has 0 bridgehead atoms. The van der Waals surface area contributed by atoms with Crippen molar-refractivity contribution in [1.29, 1.82) is 5.26 Å². The molecule has 1 rings (SSSR count). The molecule has 0 aliphatic carbocycles. The van der Waals surface area contributed by atoms with Crippen LogP contribution in [0.3, 0.4) is 0 Å². The molecular weight excluding hydrogens is 255 g/mol. The van der Waals surface area contributed by atoms with Gasteiger partial charge in [-0.05, 0) is 19.9 Å². The lowest BCUT2D eigenvalue weighted by Crippen LogP contribution is -2.05. The highest BCUT2D eigenvalue weighted by Crippen LogP contribution is 2.52. The lowest BCUT2D eigenvalue weighted by Gasteiger charge is -2.19. The zero-order valence-electron chi connectivity index (χ0n) is 10.3. The van der Waals surface area contributed by atoms with Crippen molar-refractivity contribution in [3.63, 3.8) is 0 Å². The molecule has 0 fully saturated rings. The van der Waals surface area contributed by atoms with Crippen LogP contribution >= 0.6 is 7.82 Å². The Labute approximate surface area is 106 Å². The van der Waals surface area contributed by atoms with Gasteiger partial charge in [0.05, 0.1) is 19.3 Å². The number of hydrogen-bond donors (Lipinski definition) is 0. The molecule has 0 spiro atoms. The average molecular weight is 270 g/mol. The van der Waals surface area contributed by atoms with Crippen molar-refractivity contribution in [2.75, 3.05) is 13.2 Å². The molecule has 98 valence electrons. The summed E-state index contributed by atoms with van der Waals surface area (Å²) in [6, 6.07) is 5.21. The third-order valence-corrected chi connectivity index (χ3v) is 3.53. The maximum absolute atomic E-state index is 12.1. The van der Waals surface area contributed by atoms with Gasteiger partial charge in [0.2, 0.25) is 0 Å². The van der Waals surface area contributed by atoms with Crippen LogP contribution in [0.5, 0.6) is 0 Å². The van der Waals surface area contributed by atoms with Crippen LogP contribution in [-0.2, 0) is 18.1 Å². The molecule has 0 aliphatic rings. The highest BCUT2D eigenvalue weighted by Gasteiger charge is 2.30. The van der Waals surface area contributed by atoms with Crippen molar-refractivity contribution in [1.82, 2.24) is 4.98 Å². The van der Waals surface area contributed by atoms with Crippen molar-refractivity contribution in [3.05, 3.63) is 30.1 Å². The number of aromatic nitrogens is 1. The molecule has 1 atom stereocenters. The highest BCUT2D eigenvalue weighted by atomic mass is 31.2. The van der Waals surface area contributed by atoms with E-state index in [1.54, 1.807) is 32.2 Å². The minimum Gasteiger partial charge on any atom is -0.287 e. The average Bonchev–Trinajstić information content (AvgIpc) is 2.38. The topological polar surface area (TPSA) is 81.4 Å². The molecule has 1 aromatic heterocycles. The van der Waals surface area contributed by atoms with E-state index in [-0.39, 0.29) is 13.2 Å². The van der Waals surface area contributed by atoms with Gasteiger partial charge in [0.25, 0.3) is 0 Å². The van der Waals surface area contributed by atoms with Crippen LogP contribution in [0.25, 0.3) is 0 Å². The van der Waals surface area contributed by atoms with E-state index in [1.165, 1.54) is 6.20 Å². The fraction of sp³-hybridized carbons (Fsp3) is 0.455. The van der Waals surface area contributed by atoms with Crippen LogP contribution in [0.4, 0.5) is 0 Å². The molecule has 18 heavy (non-hydrogen) atoms. The van der Waals surface area contributed by atoms with Crippen LogP contribution in [0, 0.1) is 11.3 Å². The first-order valence-electron chi connectivity index (χ1n) is 5.52. The van der Waals surface area contributed by atoms with E-state index >= 15 is 0 Å². The fourth-order valence-electron chi connectivity index (χ4n) is 1.23.